The molecule has 0 spiro atoms. The highest BCUT2D eigenvalue weighted by atomic mass is 32.2. The van der Waals surface area contributed by atoms with Crippen LogP contribution in [-0.2, 0) is 0 Å². The van der Waals surface area contributed by atoms with Crippen molar-refractivity contribution in [2.75, 3.05) is 4.72 Å². The lowest BCUT2D eigenvalue weighted by Gasteiger charge is -2.20. The van der Waals surface area contributed by atoms with Gasteiger partial charge in [0.05, 0.1) is 0 Å². The zero-order valence-corrected chi connectivity index (χ0v) is 12.3. The van der Waals surface area contributed by atoms with Crippen LogP contribution in [0.1, 0.15) is 32.1 Å². The third-order valence-corrected chi connectivity index (χ3v) is 5.20. The number of benzene rings is 1. The van der Waals surface area contributed by atoms with E-state index in [2.05, 4.69) is 14.1 Å². The van der Waals surface area contributed by atoms with Crippen molar-refractivity contribution in [1.29, 1.82) is 0 Å². The number of aromatic nitrogens is 2. The van der Waals surface area contributed by atoms with Gasteiger partial charge in [-0.05, 0) is 24.8 Å². The number of anilines is 1. The second-order valence-electron chi connectivity index (χ2n) is 4.77. The molecule has 0 atom stereocenters. The van der Waals surface area contributed by atoms with Crippen LogP contribution in [0.15, 0.2) is 30.3 Å². The van der Waals surface area contributed by atoms with Gasteiger partial charge in [-0.2, -0.15) is 9.36 Å². The van der Waals surface area contributed by atoms with Crippen LogP contribution >= 0.6 is 23.5 Å². The van der Waals surface area contributed by atoms with E-state index in [1.807, 2.05) is 42.3 Å². The van der Waals surface area contributed by atoms with Crippen molar-refractivity contribution >= 4 is 28.6 Å². The maximum atomic E-state index is 4.54. The van der Waals surface area contributed by atoms with E-state index in [0.717, 1.165) is 21.8 Å². The van der Waals surface area contributed by atoms with Crippen LogP contribution in [-0.4, -0.2) is 14.6 Å². The summed E-state index contributed by atoms with van der Waals surface area (Å²) in [4.78, 5) is 4.54. The lowest BCUT2D eigenvalue weighted by Crippen LogP contribution is -2.10. The van der Waals surface area contributed by atoms with Gasteiger partial charge in [0.2, 0.25) is 5.13 Å². The molecule has 1 heterocycles. The van der Waals surface area contributed by atoms with Crippen LogP contribution in [0.5, 0.6) is 0 Å². The molecule has 0 saturated heterocycles. The van der Waals surface area contributed by atoms with E-state index >= 15 is 0 Å². The molecule has 3 nitrogen and oxygen atoms in total. The number of nitrogens with zero attached hydrogens (tertiary/aromatic N) is 2. The molecule has 0 radical (unpaired) electrons. The van der Waals surface area contributed by atoms with Gasteiger partial charge in [0.25, 0.3) is 0 Å². The molecule has 1 aromatic heterocycles. The van der Waals surface area contributed by atoms with Gasteiger partial charge < -0.3 is 4.72 Å². The number of hydrogen-bond acceptors (Lipinski definition) is 5. The minimum atomic E-state index is 0.734. The van der Waals surface area contributed by atoms with Gasteiger partial charge in [-0.15, -0.1) is 0 Å². The lowest BCUT2D eigenvalue weighted by atomic mass is 10.0. The SMILES string of the molecule is c1ccc(-c2nsc(NSC3CCCCC3)n2)cc1. The average molecular weight is 291 g/mol. The molecule has 1 aliphatic rings. The van der Waals surface area contributed by atoms with E-state index < -0.39 is 0 Å². The highest BCUT2D eigenvalue weighted by Gasteiger charge is 2.15. The van der Waals surface area contributed by atoms with E-state index in [0.29, 0.717) is 0 Å². The first-order valence-electron chi connectivity index (χ1n) is 6.72. The number of hydrogen-bond donors (Lipinski definition) is 1. The van der Waals surface area contributed by atoms with Crippen molar-refractivity contribution in [3.8, 4) is 11.4 Å². The van der Waals surface area contributed by atoms with Gasteiger partial charge >= 0.3 is 0 Å². The fourth-order valence-corrected chi connectivity index (χ4v) is 3.91. The summed E-state index contributed by atoms with van der Waals surface area (Å²) in [6.45, 7) is 0. The minimum Gasteiger partial charge on any atom is -0.304 e. The summed E-state index contributed by atoms with van der Waals surface area (Å²) < 4.78 is 7.77. The molecule has 100 valence electrons. The Morgan fingerprint density at radius 2 is 1.89 bits per heavy atom. The summed E-state index contributed by atoms with van der Waals surface area (Å²) in [7, 11) is 0. The van der Waals surface area contributed by atoms with Crippen molar-refractivity contribution in [3.05, 3.63) is 30.3 Å². The fraction of sp³-hybridized carbons (Fsp3) is 0.429. The Bertz CT molecular complexity index is 506. The Hall–Kier alpha value is -1.07. The van der Waals surface area contributed by atoms with Gasteiger partial charge in [-0.1, -0.05) is 49.6 Å². The third kappa shape index (κ3) is 3.48. The monoisotopic (exact) mass is 291 g/mol. The first-order valence-corrected chi connectivity index (χ1v) is 8.38. The minimum absolute atomic E-state index is 0.734. The molecule has 1 aromatic carbocycles. The van der Waals surface area contributed by atoms with Crippen LogP contribution in [0.2, 0.25) is 0 Å². The van der Waals surface area contributed by atoms with E-state index in [9.17, 15) is 0 Å². The number of rotatable bonds is 4. The van der Waals surface area contributed by atoms with Gasteiger partial charge in [0.1, 0.15) is 0 Å². The predicted octanol–water partition coefficient (Wildman–Crippen LogP) is 4.60. The molecule has 3 rings (SSSR count). The molecule has 1 aliphatic carbocycles. The quantitative estimate of drug-likeness (QED) is 0.836. The Morgan fingerprint density at radius 1 is 1.11 bits per heavy atom. The Kier molecular flexibility index (Phi) is 4.35. The smallest absolute Gasteiger partial charge is 0.212 e. The molecule has 19 heavy (non-hydrogen) atoms. The van der Waals surface area contributed by atoms with Crippen LogP contribution in [0.4, 0.5) is 5.13 Å². The molecule has 1 N–H and O–H groups in total. The largest absolute Gasteiger partial charge is 0.304 e. The summed E-state index contributed by atoms with van der Waals surface area (Å²) >= 11 is 3.26. The zero-order valence-electron chi connectivity index (χ0n) is 10.7. The van der Waals surface area contributed by atoms with E-state index in [1.54, 1.807) is 0 Å². The fourth-order valence-electron chi connectivity index (χ4n) is 2.29. The molecular formula is C14H17N3S2. The van der Waals surface area contributed by atoms with E-state index in [1.165, 1.54) is 43.6 Å². The highest BCUT2D eigenvalue weighted by Crippen LogP contribution is 2.30. The molecule has 2 aromatic rings. The Balaban J connectivity index is 1.59. The second-order valence-corrected chi connectivity index (χ2v) is 6.63. The van der Waals surface area contributed by atoms with Gasteiger partial charge in [-0.25, -0.2) is 0 Å². The lowest BCUT2D eigenvalue weighted by molar-refractivity contribution is 0.516. The van der Waals surface area contributed by atoms with Gasteiger partial charge in [-0.3, -0.25) is 0 Å². The summed E-state index contributed by atoms with van der Waals surface area (Å²) in [5.41, 5.74) is 1.08. The maximum absolute atomic E-state index is 4.54. The molecule has 0 unspecified atom stereocenters. The first kappa shape index (κ1) is 12.9. The third-order valence-electron chi connectivity index (χ3n) is 3.32. The Morgan fingerprint density at radius 3 is 2.68 bits per heavy atom. The second kappa shape index (κ2) is 6.39. The maximum Gasteiger partial charge on any atom is 0.212 e. The van der Waals surface area contributed by atoms with Crippen molar-refractivity contribution in [2.24, 2.45) is 0 Å². The predicted molar refractivity (Wildman–Crippen MR) is 83.4 cm³/mol. The summed E-state index contributed by atoms with van der Waals surface area (Å²) in [6.07, 6.45) is 6.77. The van der Waals surface area contributed by atoms with E-state index in [4.69, 9.17) is 0 Å². The molecule has 5 heteroatoms. The summed E-state index contributed by atoms with van der Waals surface area (Å²) in [5.74, 6) is 0.817. The summed E-state index contributed by atoms with van der Waals surface area (Å²) in [6, 6.07) is 10.1. The molecule has 0 bridgehead atoms. The summed E-state index contributed by atoms with van der Waals surface area (Å²) in [5, 5.41) is 1.65. The van der Waals surface area contributed by atoms with Crippen LogP contribution in [0.3, 0.4) is 0 Å². The van der Waals surface area contributed by atoms with Crippen molar-refractivity contribution < 1.29 is 0 Å². The Labute approximate surface area is 122 Å². The molecule has 0 aliphatic heterocycles. The first-order chi connectivity index (χ1) is 9.42. The zero-order chi connectivity index (χ0) is 12.9. The van der Waals surface area contributed by atoms with Crippen LogP contribution in [0, 0.1) is 0 Å². The average Bonchev–Trinajstić information content (AvgIpc) is 2.96. The highest BCUT2D eigenvalue weighted by molar-refractivity contribution is 8.01. The standard InChI is InChI=1S/C14H17N3S2/c1-3-7-11(8-4-1)13-15-14(19-16-13)17-18-12-9-5-2-6-10-12/h1,3-4,7-8,12H,2,5-6,9-10H2,(H,15,16,17). The van der Waals surface area contributed by atoms with Gasteiger partial charge in [0.15, 0.2) is 5.82 Å². The van der Waals surface area contributed by atoms with Crippen molar-refractivity contribution in [3.63, 3.8) is 0 Å². The van der Waals surface area contributed by atoms with Crippen LogP contribution < -0.4 is 4.72 Å². The van der Waals surface area contributed by atoms with Crippen LogP contribution in [0.25, 0.3) is 11.4 Å². The van der Waals surface area contributed by atoms with E-state index in [-0.39, 0.29) is 0 Å². The van der Waals surface area contributed by atoms with Crippen molar-refractivity contribution in [1.82, 2.24) is 9.36 Å². The number of nitrogens with one attached hydrogen (secondary N) is 1. The molecule has 1 fully saturated rings. The van der Waals surface area contributed by atoms with Gasteiger partial charge in [0, 0.05) is 22.3 Å². The normalized spacial score (nSPS) is 16.4. The molecule has 0 amide bonds. The molecule has 1 saturated carbocycles. The van der Waals surface area contributed by atoms with Crippen molar-refractivity contribution in [2.45, 2.75) is 37.4 Å². The molecular weight excluding hydrogens is 274 g/mol. The topological polar surface area (TPSA) is 37.8 Å².